The number of benzene rings is 2. The summed E-state index contributed by atoms with van der Waals surface area (Å²) in [4.78, 5) is 0. The number of alkyl halides is 1. The lowest BCUT2D eigenvalue weighted by molar-refractivity contribution is 0.342. The lowest BCUT2D eigenvalue weighted by atomic mass is 9.84. The van der Waals surface area contributed by atoms with Gasteiger partial charge in [0.25, 0.3) is 0 Å². The second kappa shape index (κ2) is 11.6. The smallest absolute Gasteiger partial charge is 0.0897 e. The number of hydrogen-bond donors (Lipinski definition) is 2. The van der Waals surface area contributed by atoms with Crippen LogP contribution in [0, 0.1) is 0 Å². The molecule has 0 bridgehead atoms. The summed E-state index contributed by atoms with van der Waals surface area (Å²) in [7, 11) is 0. The zero-order chi connectivity index (χ0) is 21.2. The Bertz CT molecular complexity index is 877. The number of allylic oxidation sites excluding steroid dienone is 5. The van der Waals surface area contributed by atoms with Gasteiger partial charge in [0.15, 0.2) is 0 Å². The van der Waals surface area contributed by atoms with Crippen molar-refractivity contribution >= 4 is 11.1 Å². The summed E-state index contributed by atoms with van der Waals surface area (Å²) in [5, 5.41) is 12.5. The van der Waals surface area contributed by atoms with Crippen LogP contribution >= 0.6 is 0 Å². The molecule has 0 atom stereocenters. The topological polar surface area (TPSA) is 32.3 Å². The maximum atomic E-state index is 13.2. The molecule has 2 aromatic rings. The fraction of sp³-hybridized carbons (Fsp3) is 0.333. The van der Waals surface area contributed by atoms with Crippen molar-refractivity contribution in [2.45, 2.75) is 32.1 Å². The van der Waals surface area contributed by atoms with Gasteiger partial charge < -0.3 is 10.4 Å². The fourth-order valence-electron chi connectivity index (χ4n) is 3.95. The van der Waals surface area contributed by atoms with Crippen molar-refractivity contribution in [2.75, 3.05) is 26.4 Å². The van der Waals surface area contributed by atoms with E-state index in [9.17, 15) is 4.39 Å². The minimum absolute atomic E-state index is 0.0353. The van der Waals surface area contributed by atoms with Crippen molar-refractivity contribution in [1.82, 2.24) is 5.32 Å². The summed E-state index contributed by atoms with van der Waals surface area (Å²) >= 11 is 0. The van der Waals surface area contributed by atoms with Gasteiger partial charge in [-0.05, 0) is 59.6 Å². The predicted octanol–water partition coefficient (Wildman–Crippen LogP) is 5.92. The Morgan fingerprint density at radius 2 is 1.77 bits per heavy atom. The van der Waals surface area contributed by atoms with Crippen LogP contribution in [0.2, 0.25) is 0 Å². The molecule has 3 heteroatoms. The summed E-state index contributed by atoms with van der Waals surface area (Å²) in [6.45, 7) is 3.84. The molecule has 30 heavy (non-hydrogen) atoms. The molecule has 2 aromatic carbocycles. The molecule has 0 aliphatic carbocycles. The number of aliphatic hydroxyl groups excluding tert-OH is 1. The first-order valence-electron chi connectivity index (χ1n) is 10.9. The molecular weight excluding hydrogens is 373 g/mol. The van der Waals surface area contributed by atoms with E-state index in [4.69, 9.17) is 5.11 Å². The SMILES string of the molecule is C/C=C(C/C=C\CO)/C(=C(\CCCF)c1ccccc1)c1ccc(C2CNC2)cc1. The van der Waals surface area contributed by atoms with Gasteiger partial charge in [-0.1, -0.05) is 72.8 Å². The standard InChI is InChI=1S/C27H32FNO/c1-2-21(9-6-7-18-30)27(24-15-13-22(14-16-24)25-19-29-20-25)26(12-8-17-28)23-10-4-3-5-11-23/h2-7,10-11,13-16,25,29-30H,8-9,12,17-20H2,1H3/b7-6-,21-2+,27-26-. The fourth-order valence-corrected chi connectivity index (χ4v) is 3.95. The Kier molecular flexibility index (Phi) is 8.61. The van der Waals surface area contributed by atoms with E-state index >= 15 is 0 Å². The van der Waals surface area contributed by atoms with Gasteiger partial charge in [0, 0.05) is 19.0 Å². The molecule has 0 saturated carbocycles. The average molecular weight is 406 g/mol. The van der Waals surface area contributed by atoms with Gasteiger partial charge in [0.1, 0.15) is 0 Å². The van der Waals surface area contributed by atoms with Gasteiger partial charge in [0.2, 0.25) is 0 Å². The molecule has 158 valence electrons. The molecule has 0 aromatic heterocycles. The molecule has 1 aliphatic rings. The van der Waals surface area contributed by atoms with Crippen LogP contribution in [0.4, 0.5) is 4.39 Å². The van der Waals surface area contributed by atoms with Crippen LogP contribution < -0.4 is 5.32 Å². The van der Waals surface area contributed by atoms with Gasteiger partial charge in [-0.25, -0.2) is 0 Å². The lowest BCUT2D eigenvalue weighted by Crippen LogP contribution is -2.39. The molecule has 0 radical (unpaired) electrons. The highest BCUT2D eigenvalue weighted by Crippen LogP contribution is 2.37. The van der Waals surface area contributed by atoms with Gasteiger partial charge >= 0.3 is 0 Å². The van der Waals surface area contributed by atoms with Crippen molar-refractivity contribution in [3.8, 4) is 0 Å². The third kappa shape index (κ3) is 5.56. The first-order valence-corrected chi connectivity index (χ1v) is 10.9. The normalized spacial score (nSPS) is 15.9. The average Bonchev–Trinajstić information content (AvgIpc) is 2.75. The van der Waals surface area contributed by atoms with Crippen molar-refractivity contribution in [3.63, 3.8) is 0 Å². The van der Waals surface area contributed by atoms with Crippen molar-refractivity contribution in [2.24, 2.45) is 0 Å². The molecule has 0 unspecified atom stereocenters. The highest BCUT2D eigenvalue weighted by molar-refractivity contribution is 5.98. The Morgan fingerprint density at radius 1 is 1.03 bits per heavy atom. The summed E-state index contributed by atoms with van der Waals surface area (Å²) in [5.74, 6) is 0.597. The van der Waals surface area contributed by atoms with Crippen LogP contribution in [0.25, 0.3) is 11.1 Å². The van der Waals surface area contributed by atoms with E-state index in [0.29, 0.717) is 18.8 Å². The number of hydrogen-bond acceptors (Lipinski definition) is 2. The molecule has 0 spiro atoms. The Balaban J connectivity index is 2.10. The summed E-state index contributed by atoms with van der Waals surface area (Å²) < 4.78 is 13.2. The van der Waals surface area contributed by atoms with E-state index in [1.165, 1.54) is 22.3 Å². The molecule has 2 nitrogen and oxygen atoms in total. The predicted molar refractivity (Wildman–Crippen MR) is 125 cm³/mol. The van der Waals surface area contributed by atoms with Crippen LogP contribution in [0.1, 0.15) is 48.8 Å². The van der Waals surface area contributed by atoms with Crippen LogP contribution in [-0.4, -0.2) is 31.5 Å². The zero-order valence-corrected chi connectivity index (χ0v) is 17.8. The Morgan fingerprint density at radius 3 is 2.33 bits per heavy atom. The number of aliphatic hydroxyl groups is 1. The summed E-state index contributed by atoms with van der Waals surface area (Å²) in [6, 6.07) is 19.2. The van der Waals surface area contributed by atoms with Gasteiger partial charge in [-0.3, -0.25) is 4.39 Å². The lowest BCUT2D eigenvalue weighted by Gasteiger charge is -2.28. The molecule has 1 fully saturated rings. The minimum Gasteiger partial charge on any atom is -0.392 e. The highest BCUT2D eigenvalue weighted by atomic mass is 19.1. The van der Waals surface area contributed by atoms with E-state index in [1.54, 1.807) is 6.08 Å². The first-order chi connectivity index (χ1) is 14.8. The number of halogens is 1. The molecule has 1 aliphatic heterocycles. The molecule has 1 heterocycles. The van der Waals surface area contributed by atoms with Gasteiger partial charge in [0.05, 0.1) is 13.3 Å². The number of rotatable bonds is 10. The van der Waals surface area contributed by atoms with Crippen molar-refractivity contribution in [3.05, 3.63) is 95.1 Å². The highest BCUT2D eigenvalue weighted by Gasteiger charge is 2.20. The molecule has 0 amide bonds. The molecule has 2 N–H and O–H groups in total. The monoisotopic (exact) mass is 405 g/mol. The molecule has 1 saturated heterocycles. The third-order valence-electron chi connectivity index (χ3n) is 5.72. The van der Waals surface area contributed by atoms with E-state index in [0.717, 1.165) is 30.6 Å². The van der Waals surface area contributed by atoms with Crippen LogP contribution in [0.3, 0.4) is 0 Å². The molecular formula is C27H32FNO. The second-order valence-electron chi connectivity index (χ2n) is 7.66. The van der Waals surface area contributed by atoms with E-state index in [2.05, 4.69) is 47.8 Å². The van der Waals surface area contributed by atoms with Crippen molar-refractivity contribution < 1.29 is 9.50 Å². The van der Waals surface area contributed by atoms with Crippen LogP contribution in [0.15, 0.2) is 78.4 Å². The maximum Gasteiger partial charge on any atom is 0.0897 e. The minimum atomic E-state index is -0.327. The van der Waals surface area contributed by atoms with E-state index in [-0.39, 0.29) is 13.3 Å². The zero-order valence-electron chi connectivity index (χ0n) is 17.8. The number of nitrogens with one attached hydrogen (secondary N) is 1. The largest absolute Gasteiger partial charge is 0.392 e. The summed E-state index contributed by atoms with van der Waals surface area (Å²) in [5.41, 5.74) is 7.21. The third-order valence-corrected chi connectivity index (χ3v) is 5.72. The van der Waals surface area contributed by atoms with Gasteiger partial charge in [-0.15, -0.1) is 0 Å². The first kappa shape index (κ1) is 22.2. The quantitative estimate of drug-likeness (QED) is 0.292. The Labute approximate surface area is 179 Å². The van der Waals surface area contributed by atoms with Crippen LogP contribution in [0.5, 0.6) is 0 Å². The molecule has 3 rings (SSSR count). The Hall–Kier alpha value is -2.49. The van der Waals surface area contributed by atoms with E-state index in [1.807, 2.05) is 31.2 Å². The second-order valence-corrected chi connectivity index (χ2v) is 7.66. The summed E-state index contributed by atoms with van der Waals surface area (Å²) in [6.07, 6.45) is 7.83. The van der Waals surface area contributed by atoms with Gasteiger partial charge in [-0.2, -0.15) is 0 Å². The van der Waals surface area contributed by atoms with Crippen molar-refractivity contribution in [1.29, 1.82) is 0 Å². The van der Waals surface area contributed by atoms with Crippen LogP contribution in [-0.2, 0) is 0 Å². The van der Waals surface area contributed by atoms with E-state index < -0.39 is 0 Å². The maximum absolute atomic E-state index is 13.2.